The zero-order chi connectivity index (χ0) is 23.4. The average Bonchev–Trinajstić information content (AvgIpc) is 3.42. The summed E-state index contributed by atoms with van der Waals surface area (Å²) in [6.45, 7) is 0.0115. The number of nitrogens with one attached hydrogen (secondary N) is 1. The van der Waals surface area contributed by atoms with Crippen LogP contribution in [0.15, 0.2) is 48.5 Å². The van der Waals surface area contributed by atoms with Crippen LogP contribution in [0, 0.1) is 5.92 Å². The topological polar surface area (TPSA) is 114 Å². The highest BCUT2D eigenvalue weighted by atomic mass is 16.7. The molecule has 2 atom stereocenters. The Labute approximate surface area is 191 Å². The van der Waals surface area contributed by atoms with Crippen LogP contribution in [0.3, 0.4) is 0 Å². The van der Waals surface area contributed by atoms with E-state index < -0.39 is 24.6 Å². The Morgan fingerprint density at radius 2 is 1.73 bits per heavy atom. The van der Waals surface area contributed by atoms with Gasteiger partial charge in [-0.05, 0) is 28.7 Å². The van der Waals surface area contributed by atoms with E-state index in [-0.39, 0.29) is 37.7 Å². The second kappa shape index (κ2) is 10.0. The van der Waals surface area contributed by atoms with Crippen LogP contribution >= 0.6 is 0 Å². The summed E-state index contributed by atoms with van der Waals surface area (Å²) in [5.41, 5.74) is 4.60. The summed E-state index contributed by atoms with van der Waals surface area (Å²) in [6.07, 6.45) is -0.493. The van der Waals surface area contributed by atoms with Gasteiger partial charge in [-0.2, -0.15) is 0 Å². The fourth-order valence-corrected chi connectivity index (χ4v) is 4.34. The highest BCUT2D eigenvalue weighted by Crippen LogP contribution is 2.44. The largest absolute Gasteiger partial charge is 0.479 e. The van der Waals surface area contributed by atoms with Crippen molar-refractivity contribution >= 4 is 18.0 Å². The lowest BCUT2D eigenvalue weighted by Crippen LogP contribution is -2.35. The summed E-state index contributed by atoms with van der Waals surface area (Å²) < 4.78 is 11.1. The normalized spacial score (nSPS) is 18.9. The first kappa shape index (κ1) is 22.8. The van der Waals surface area contributed by atoms with Crippen LogP contribution in [-0.2, 0) is 23.9 Å². The van der Waals surface area contributed by atoms with E-state index in [1.807, 2.05) is 24.3 Å². The number of carboxylic acids is 1. The fourth-order valence-electron chi connectivity index (χ4n) is 4.34. The Morgan fingerprint density at radius 1 is 1.09 bits per heavy atom. The van der Waals surface area contributed by atoms with E-state index in [4.69, 9.17) is 19.4 Å². The van der Waals surface area contributed by atoms with Crippen molar-refractivity contribution in [3.63, 3.8) is 0 Å². The van der Waals surface area contributed by atoms with Gasteiger partial charge in [-0.3, -0.25) is 9.63 Å². The molecule has 2 unspecified atom stereocenters. The Kier molecular flexibility index (Phi) is 6.90. The Morgan fingerprint density at radius 3 is 2.36 bits per heavy atom. The number of carbonyl (C=O) groups is 3. The summed E-state index contributed by atoms with van der Waals surface area (Å²) in [7, 11) is 1.37. The predicted molar refractivity (Wildman–Crippen MR) is 117 cm³/mol. The zero-order valence-electron chi connectivity index (χ0n) is 18.2. The van der Waals surface area contributed by atoms with Crippen molar-refractivity contribution in [3.05, 3.63) is 59.7 Å². The second-order valence-corrected chi connectivity index (χ2v) is 8.10. The van der Waals surface area contributed by atoms with E-state index in [0.29, 0.717) is 6.42 Å². The molecule has 1 heterocycles. The highest BCUT2D eigenvalue weighted by Gasteiger charge is 2.34. The van der Waals surface area contributed by atoms with Crippen LogP contribution in [-0.4, -0.2) is 67.7 Å². The van der Waals surface area contributed by atoms with Gasteiger partial charge in [0.1, 0.15) is 6.61 Å². The average molecular weight is 454 g/mol. The molecule has 2 N–H and O–H groups in total. The highest BCUT2D eigenvalue weighted by molar-refractivity contribution is 5.79. The third-order valence-electron chi connectivity index (χ3n) is 5.94. The van der Waals surface area contributed by atoms with E-state index in [2.05, 4.69) is 29.6 Å². The monoisotopic (exact) mass is 454 g/mol. The summed E-state index contributed by atoms with van der Waals surface area (Å²) >= 11 is 0. The number of alkyl carbamates (subject to hydrolysis) is 1. The van der Waals surface area contributed by atoms with Crippen molar-refractivity contribution in [1.82, 2.24) is 10.4 Å². The van der Waals surface area contributed by atoms with Gasteiger partial charge in [-0.25, -0.2) is 14.7 Å². The number of amides is 2. The molecule has 1 aliphatic heterocycles. The molecule has 0 bridgehead atoms. The van der Waals surface area contributed by atoms with Gasteiger partial charge in [-0.1, -0.05) is 48.5 Å². The Hall–Kier alpha value is -3.43. The first-order valence-corrected chi connectivity index (χ1v) is 10.8. The Bertz CT molecular complexity index is 995. The number of ether oxygens (including phenoxy) is 2. The molecule has 2 amide bonds. The number of hydrogen-bond acceptors (Lipinski definition) is 6. The van der Waals surface area contributed by atoms with Crippen molar-refractivity contribution in [2.24, 2.45) is 5.92 Å². The van der Waals surface area contributed by atoms with Gasteiger partial charge in [0.15, 0.2) is 6.61 Å². The van der Waals surface area contributed by atoms with Gasteiger partial charge < -0.3 is 19.9 Å². The lowest BCUT2D eigenvalue weighted by Gasteiger charge is -2.18. The third-order valence-corrected chi connectivity index (χ3v) is 5.94. The van der Waals surface area contributed by atoms with Crippen molar-refractivity contribution in [1.29, 1.82) is 0 Å². The molecular weight excluding hydrogens is 428 g/mol. The van der Waals surface area contributed by atoms with Crippen molar-refractivity contribution in [2.45, 2.75) is 18.4 Å². The molecule has 0 aromatic heterocycles. The minimum atomic E-state index is -1.16. The van der Waals surface area contributed by atoms with Gasteiger partial charge in [0.05, 0.1) is 18.6 Å². The molecule has 4 rings (SSSR count). The molecule has 9 heteroatoms. The first-order valence-electron chi connectivity index (χ1n) is 10.8. The molecule has 2 aromatic carbocycles. The Balaban J connectivity index is 1.24. The minimum Gasteiger partial charge on any atom is -0.479 e. The predicted octanol–water partition coefficient (Wildman–Crippen LogP) is 2.40. The lowest BCUT2D eigenvalue weighted by atomic mass is 9.98. The van der Waals surface area contributed by atoms with Crippen LogP contribution in [0.5, 0.6) is 0 Å². The van der Waals surface area contributed by atoms with E-state index in [0.717, 1.165) is 27.3 Å². The molecule has 174 valence electrons. The van der Waals surface area contributed by atoms with Gasteiger partial charge in [0, 0.05) is 19.5 Å². The van der Waals surface area contributed by atoms with E-state index in [1.54, 1.807) is 0 Å². The molecule has 33 heavy (non-hydrogen) atoms. The lowest BCUT2D eigenvalue weighted by molar-refractivity contribution is -0.189. The molecule has 1 aliphatic carbocycles. The molecule has 2 aromatic rings. The maximum atomic E-state index is 12.3. The van der Waals surface area contributed by atoms with E-state index in [1.165, 1.54) is 7.05 Å². The number of fused-ring (bicyclic) bond motifs is 3. The maximum absolute atomic E-state index is 12.3. The molecule has 0 spiro atoms. The standard InChI is InChI=1S/C24H26N2O7/c1-26(33-14-22(27)28)23(29)15-10-16(31-12-15)11-25-24(30)32-13-21-19-8-4-2-6-17(19)18-7-3-5-9-20(18)21/h2-9,15-16,21H,10-14H2,1H3,(H,25,30)(H,27,28). The molecule has 0 radical (unpaired) electrons. The number of aliphatic carboxylic acids is 1. The summed E-state index contributed by atoms with van der Waals surface area (Å²) in [4.78, 5) is 40.1. The van der Waals surface area contributed by atoms with Crippen LogP contribution < -0.4 is 5.32 Å². The van der Waals surface area contributed by atoms with E-state index in [9.17, 15) is 14.4 Å². The number of carboxylic acid groups (broad SMARTS) is 1. The molecule has 2 aliphatic rings. The number of hydroxylamine groups is 2. The molecule has 0 saturated carbocycles. The zero-order valence-corrected chi connectivity index (χ0v) is 18.2. The number of nitrogens with zero attached hydrogens (tertiary/aromatic N) is 1. The SMILES string of the molecule is CN(OCC(=O)O)C(=O)C1COC(CNC(=O)OCC2c3ccccc3-c3ccccc32)C1. The van der Waals surface area contributed by atoms with Crippen molar-refractivity contribution in [3.8, 4) is 11.1 Å². The molecular formula is C24H26N2O7. The fraction of sp³-hybridized carbons (Fsp3) is 0.375. The third kappa shape index (κ3) is 5.15. The molecule has 1 saturated heterocycles. The summed E-state index contributed by atoms with van der Waals surface area (Å²) in [5, 5.41) is 12.3. The quantitative estimate of drug-likeness (QED) is 0.589. The molecule has 9 nitrogen and oxygen atoms in total. The van der Waals surface area contributed by atoms with Crippen LogP contribution in [0.1, 0.15) is 23.5 Å². The summed E-state index contributed by atoms with van der Waals surface area (Å²) in [6, 6.07) is 16.2. The number of hydrogen-bond donors (Lipinski definition) is 2. The van der Waals surface area contributed by atoms with Gasteiger partial charge in [0.25, 0.3) is 5.91 Å². The maximum Gasteiger partial charge on any atom is 0.407 e. The first-order chi connectivity index (χ1) is 15.9. The summed E-state index contributed by atoms with van der Waals surface area (Å²) in [5.74, 6) is -2.00. The number of benzene rings is 2. The van der Waals surface area contributed by atoms with Crippen molar-refractivity contribution in [2.75, 3.05) is 33.4 Å². The van der Waals surface area contributed by atoms with Crippen LogP contribution in [0.2, 0.25) is 0 Å². The van der Waals surface area contributed by atoms with Crippen LogP contribution in [0.25, 0.3) is 11.1 Å². The van der Waals surface area contributed by atoms with E-state index >= 15 is 0 Å². The molecule has 1 fully saturated rings. The van der Waals surface area contributed by atoms with Gasteiger partial charge >= 0.3 is 12.1 Å². The van der Waals surface area contributed by atoms with Crippen molar-refractivity contribution < 1.29 is 33.8 Å². The number of rotatable bonds is 8. The van der Waals surface area contributed by atoms with Gasteiger partial charge in [0.2, 0.25) is 0 Å². The number of carbonyl (C=O) groups excluding carboxylic acids is 2. The minimum absolute atomic E-state index is 0.0192. The van der Waals surface area contributed by atoms with Gasteiger partial charge in [-0.15, -0.1) is 0 Å². The smallest absolute Gasteiger partial charge is 0.407 e. The van der Waals surface area contributed by atoms with Crippen LogP contribution in [0.4, 0.5) is 4.79 Å². The second-order valence-electron chi connectivity index (χ2n) is 8.10.